The van der Waals surface area contributed by atoms with Crippen molar-refractivity contribution in [2.45, 2.75) is 26.2 Å². The van der Waals surface area contributed by atoms with Gasteiger partial charge in [0.1, 0.15) is 17.3 Å². The Labute approximate surface area is 180 Å². The minimum atomic E-state index is -0.378. The van der Waals surface area contributed by atoms with E-state index in [9.17, 15) is 9.18 Å². The van der Waals surface area contributed by atoms with E-state index in [2.05, 4.69) is 27.2 Å². The molecule has 3 aromatic rings. The van der Waals surface area contributed by atoms with E-state index in [0.29, 0.717) is 29.6 Å². The summed E-state index contributed by atoms with van der Waals surface area (Å²) in [5.74, 6) is 0.654. The summed E-state index contributed by atoms with van der Waals surface area (Å²) < 4.78 is 15.7. The van der Waals surface area contributed by atoms with Crippen LogP contribution in [0.3, 0.4) is 0 Å². The molecule has 0 bridgehead atoms. The molecule has 1 amide bonds. The second-order valence-corrected chi connectivity index (χ2v) is 8.22. The third-order valence-electron chi connectivity index (χ3n) is 6.01. The number of fused-ring (bicyclic) bond motifs is 1. The number of piperidine rings is 1. The number of allylic oxidation sites excluding steroid dienone is 1. The van der Waals surface area contributed by atoms with E-state index < -0.39 is 0 Å². The molecule has 1 aromatic heterocycles. The number of halogens is 1. The SMILES string of the molecule is CC1CCN(c2ccc(F)cc2NC(=O)C2=CCC(n3ncc4ccccc43)=N2)CC1. The van der Waals surface area contributed by atoms with Crippen LogP contribution >= 0.6 is 0 Å². The predicted octanol–water partition coefficient (Wildman–Crippen LogP) is 4.58. The van der Waals surface area contributed by atoms with E-state index in [1.165, 1.54) is 12.1 Å². The zero-order valence-corrected chi connectivity index (χ0v) is 17.4. The van der Waals surface area contributed by atoms with Gasteiger partial charge in [-0.2, -0.15) is 5.10 Å². The van der Waals surface area contributed by atoms with Gasteiger partial charge in [-0.3, -0.25) is 4.79 Å². The topological polar surface area (TPSA) is 62.5 Å². The Morgan fingerprint density at radius 1 is 1.16 bits per heavy atom. The standard InChI is InChI=1S/C24H24FN5O/c1-16-10-12-29(13-11-16)22-8-6-18(25)14-20(22)28-24(31)19-7-9-23(27-19)30-21-5-3-2-4-17(21)15-26-30/h2-8,14-16H,9-13H2,1H3,(H,28,31). The molecule has 0 atom stereocenters. The van der Waals surface area contributed by atoms with Crippen molar-refractivity contribution in [1.82, 2.24) is 9.78 Å². The highest BCUT2D eigenvalue weighted by molar-refractivity contribution is 6.09. The van der Waals surface area contributed by atoms with Crippen LogP contribution in [0.1, 0.15) is 26.2 Å². The smallest absolute Gasteiger partial charge is 0.274 e. The van der Waals surface area contributed by atoms with Gasteiger partial charge in [0, 0.05) is 24.9 Å². The van der Waals surface area contributed by atoms with Gasteiger partial charge in [-0.25, -0.2) is 14.1 Å². The maximum Gasteiger partial charge on any atom is 0.274 e. The van der Waals surface area contributed by atoms with Gasteiger partial charge in [0.2, 0.25) is 0 Å². The third-order valence-corrected chi connectivity index (χ3v) is 6.01. The monoisotopic (exact) mass is 417 g/mol. The van der Waals surface area contributed by atoms with Gasteiger partial charge in [-0.05, 0) is 49.1 Å². The second kappa shape index (κ2) is 7.98. The maximum atomic E-state index is 14.0. The molecule has 31 heavy (non-hydrogen) atoms. The zero-order chi connectivity index (χ0) is 21.4. The summed E-state index contributed by atoms with van der Waals surface area (Å²) in [4.78, 5) is 19.7. The summed E-state index contributed by atoms with van der Waals surface area (Å²) in [5, 5.41) is 8.31. The molecule has 0 radical (unpaired) electrons. The molecule has 3 heterocycles. The summed E-state index contributed by atoms with van der Waals surface area (Å²) in [7, 11) is 0. The van der Waals surface area contributed by atoms with E-state index in [1.807, 2.05) is 24.3 Å². The number of benzene rings is 2. The number of carbonyl (C=O) groups excluding carboxylic acids is 1. The normalized spacial score (nSPS) is 17.0. The van der Waals surface area contributed by atoms with Gasteiger partial charge >= 0.3 is 0 Å². The first-order chi connectivity index (χ1) is 15.1. The number of anilines is 2. The van der Waals surface area contributed by atoms with Crippen molar-refractivity contribution >= 4 is 34.0 Å². The molecule has 0 unspecified atom stereocenters. The van der Waals surface area contributed by atoms with Crippen LogP contribution in [0.25, 0.3) is 10.9 Å². The molecule has 7 heteroatoms. The predicted molar refractivity (Wildman–Crippen MR) is 121 cm³/mol. The zero-order valence-electron chi connectivity index (χ0n) is 17.4. The van der Waals surface area contributed by atoms with Crippen LogP contribution in [0.2, 0.25) is 0 Å². The minimum absolute atomic E-state index is 0.317. The van der Waals surface area contributed by atoms with Crippen molar-refractivity contribution < 1.29 is 9.18 Å². The van der Waals surface area contributed by atoms with E-state index in [1.54, 1.807) is 23.0 Å². The first kappa shape index (κ1) is 19.5. The molecule has 0 spiro atoms. The Kier molecular flexibility index (Phi) is 5.02. The minimum Gasteiger partial charge on any atom is -0.370 e. The number of carbonyl (C=O) groups is 1. The van der Waals surface area contributed by atoms with Crippen LogP contribution < -0.4 is 10.2 Å². The van der Waals surface area contributed by atoms with Gasteiger partial charge in [-0.15, -0.1) is 0 Å². The lowest BCUT2D eigenvalue weighted by Crippen LogP contribution is -2.33. The van der Waals surface area contributed by atoms with Crippen LogP contribution in [-0.2, 0) is 4.79 Å². The van der Waals surface area contributed by atoms with Gasteiger partial charge < -0.3 is 10.2 Å². The van der Waals surface area contributed by atoms with Crippen molar-refractivity contribution in [2.75, 3.05) is 23.3 Å². The molecule has 0 aliphatic carbocycles. The molecule has 158 valence electrons. The average molecular weight is 417 g/mol. The number of rotatable bonds is 3. The maximum absolute atomic E-state index is 14.0. The number of nitrogens with zero attached hydrogens (tertiary/aromatic N) is 4. The fourth-order valence-corrected chi connectivity index (χ4v) is 4.19. The highest BCUT2D eigenvalue weighted by Crippen LogP contribution is 2.31. The molecule has 1 N–H and O–H groups in total. The second-order valence-electron chi connectivity index (χ2n) is 8.22. The molecule has 2 aliphatic rings. The Balaban J connectivity index is 1.37. The summed E-state index contributed by atoms with van der Waals surface area (Å²) in [6.45, 7) is 4.04. The van der Waals surface area contributed by atoms with Crippen molar-refractivity contribution in [1.29, 1.82) is 0 Å². The Morgan fingerprint density at radius 2 is 1.97 bits per heavy atom. The summed E-state index contributed by atoms with van der Waals surface area (Å²) in [6.07, 6.45) is 6.24. The number of amides is 1. The molecule has 1 fully saturated rings. The lowest BCUT2D eigenvalue weighted by atomic mass is 9.98. The molecule has 2 aromatic carbocycles. The molecule has 6 nitrogen and oxygen atoms in total. The lowest BCUT2D eigenvalue weighted by Gasteiger charge is -2.33. The molecular weight excluding hydrogens is 393 g/mol. The van der Waals surface area contributed by atoms with Gasteiger partial charge in [0.25, 0.3) is 5.91 Å². The number of aromatic nitrogens is 2. The largest absolute Gasteiger partial charge is 0.370 e. The van der Waals surface area contributed by atoms with Crippen molar-refractivity contribution in [3.05, 3.63) is 66.3 Å². The number of hydrogen-bond acceptors (Lipinski definition) is 4. The number of nitrogens with one attached hydrogen (secondary N) is 1. The molecular formula is C24H24FN5O. The Hall–Kier alpha value is -3.48. The first-order valence-corrected chi connectivity index (χ1v) is 10.7. The van der Waals surface area contributed by atoms with Crippen molar-refractivity contribution in [3.63, 3.8) is 0 Å². The summed E-state index contributed by atoms with van der Waals surface area (Å²) in [5.41, 5.74) is 2.59. The molecule has 0 saturated carbocycles. The quantitative estimate of drug-likeness (QED) is 0.678. The van der Waals surface area contributed by atoms with Crippen LogP contribution in [-0.4, -0.2) is 34.6 Å². The summed E-state index contributed by atoms with van der Waals surface area (Å²) >= 11 is 0. The van der Waals surface area contributed by atoms with E-state index in [0.717, 1.165) is 42.5 Å². The van der Waals surface area contributed by atoms with Crippen molar-refractivity contribution in [2.24, 2.45) is 10.9 Å². The van der Waals surface area contributed by atoms with Gasteiger partial charge in [0.15, 0.2) is 0 Å². The third kappa shape index (κ3) is 3.83. The van der Waals surface area contributed by atoms with Crippen LogP contribution in [0.15, 0.2) is 65.4 Å². The molecule has 1 saturated heterocycles. The highest BCUT2D eigenvalue weighted by Gasteiger charge is 2.22. The average Bonchev–Trinajstić information content (AvgIpc) is 3.42. The summed E-state index contributed by atoms with van der Waals surface area (Å²) in [6, 6.07) is 12.4. The number of para-hydroxylation sites is 1. The molecule has 5 rings (SSSR count). The van der Waals surface area contributed by atoms with Crippen molar-refractivity contribution in [3.8, 4) is 0 Å². The van der Waals surface area contributed by atoms with E-state index >= 15 is 0 Å². The Bertz CT molecular complexity index is 1200. The van der Waals surface area contributed by atoms with Crippen LogP contribution in [0.5, 0.6) is 0 Å². The van der Waals surface area contributed by atoms with Crippen LogP contribution in [0.4, 0.5) is 15.8 Å². The first-order valence-electron chi connectivity index (χ1n) is 10.7. The fourth-order valence-electron chi connectivity index (χ4n) is 4.19. The lowest BCUT2D eigenvalue weighted by molar-refractivity contribution is -0.112. The van der Waals surface area contributed by atoms with Crippen LogP contribution in [0, 0.1) is 11.7 Å². The van der Waals surface area contributed by atoms with Gasteiger partial charge in [0.05, 0.1) is 23.1 Å². The van der Waals surface area contributed by atoms with E-state index in [4.69, 9.17) is 0 Å². The molecule has 2 aliphatic heterocycles. The number of aliphatic imine (C=N–C) groups is 1. The Morgan fingerprint density at radius 3 is 2.81 bits per heavy atom. The fraction of sp³-hybridized carbons (Fsp3) is 0.292. The highest BCUT2D eigenvalue weighted by atomic mass is 19.1. The van der Waals surface area contributed by atoms with E-state index in [-0.39, 0.29) is 11.7 Å². The van der Waals surface area contributed by atoms with Gasteiger partial charge in [-0.1, -0.05) is 25.1 Å². The number of hydrogen-bond donors (Lipinski definition) is 1.